The maximum Gasteiger partial charge on any atom is 0.272 e. The number of carbonyl (C=O) groups excluding carboxylic acids is 1. The molecule has 2 aliphatic heterocycles. The van der Waals surface area contributed by atoms with Crippen LogP contribution in [0.1, 0.15) is 40.6 Å². The number of nitrogens with zero attached hydrogens (tertiary/aromatic N) is 5. The van der Waals surface area contributed by atoms with Crippen LogP contribution in [0, 0.1) is 6.92 Å². The highest BCUT2D eigenvalue weighted by Crippen LogP contribution is 2.40. The Bertz CT molecular complexity index is 1060. The summed E-state index contributed by atoms with van der Waals surface area (Å²) in [5.41, 5.74) is 2.77. The van der Waals surface area contributed by atoms with Crippen LogP contribution >= 0.6 is 0 Å². The molecule has 7 nitrogen and oxygen atoms in total. The van der Waals surface area contributed by atoms with Crippen molar-refractivity contribution in [1.82, 2.24) is 24.6 Å². The third-order valence-corrected chi connectivity index (χ3v) is 6.62. The first-order valence-corrected chi connectivity index (χ1v) is 11.3. The van der Waals surface area contributed by atoms with Gasteiger partial charge in [-0.05, 0) is 55.7 Å². The largest absolute Gasteiger partial charge is 0.487 e. The molecule has 0 aliphatic carbocycles. The predicted molar refractivity (Wildman–Crippen MR) is 121 cm³/mol. The van der Waals surface area contributed by atoms with Crippen LogP contribution in [0.4, 0.5) is 0 Å². The summed E-state index contributed by atoms with van der Waals surface area (Å²) in [4.78, 5) is 21.7. The minimum atomic E-state index is 0.0751. The molecule has 0 bridgehead atoms. The third-order valence-electron chi connectivity index (χ3n) is 6.62. The van der Waals surface area contributed by atoms with Crippen molar-refractivity contribution in [2.24, 2.45) is 7.05 Å². The van der Waals surface area contributed by atoms with Gasteiger partial charge in [0.05, 0.1) is 11.7 Å². The van der Waals surface area contributed by atoms with Crippen molar-refractivity contribution in [3.63, 3.8) is 0 Å². The van der Waals surface area contributed by atoms with Crippen LogP contribution in [-0.2, 0) is 7.05 Å². The quantitative estimate of drug-likeness (QED) is 0.621. The fourth-order valence-corrected chi connectivity index (χ4v) is 4.99. The Morgan fingerprint density at radius 2 is 1.78 bits per heavy atom. The summed E-state index contributed by atoms with van der Waals surface area (Å²) < 4.78 is 8.02. The van der Waals surface area contributed by atoms with Crippen molar-refractivity contribution in [2.75, 3.05) is 19.6 Å². The molecule has 2 fully saturated rings. The molecule has 2 atom stereocenters. The van der Waals surface area contributed by atoms with Gasteiger partial charge in [-0.25, -0.2) is 0 Å². The van der Waals surface area contributed by atoms with Gasteiger partial charge in [-0.2, -0.15) is 5.10 Å². The molecule has 2 saturated heterocycles. The number of benzene rings is 1. The zero-order chi connectivity index (χ0) is 22.1. The van der Waals surface area contributed by atoms with Gasteiger partial charge in [-0.3, -0.25) is 19.4 Å². The Balaban J connectivity index is 1.26. The first kappa shape index (κ1) is 20.7. The number of aryl methyl sites for hydroxylation is 2. The van der Waals surface area contributed by atoms with Crippen LogP contribution in [0.15, 0.2) is 60.9 Å². The highest BCUT2D eigenvalue weighted by Gasteiger charge is 2.46. The van der Waals surface area contributed by atoms with E-state index in [9.17, 15) is 4.79 Å². The molecule has 2 aromatic heterocycles. The van der Waals surface area contributed by atoms with Gasteiger partial charge in [-0.1, -0.05) is 18.2 Å². The van der Waals surface area contributed by atoms with Gasteiger partial charge < -0.3 is 9.64 Å². The summed E-state index contributed by atoms with van der Waals surface area (Å²) in [6.45, 7) is 4.33. The number of carbonyl (C=O) groups is 1. The highest BCUT2D eigenvalue weighted by atomic mass is 16.5. The molecule has 0 N–H and O–H groups in total. The molecule has 0 unspecified atom stereocenters. The summed E-state index contributed by atoms with van der Waals surface area (Å²) in [6, 6.07) is 16.7. The van der Waals surface area contributed by atoms with E-state index in [0.717, 1.165) is 43.9 Å². The number of pyridine rings is 1. The zero-order valence-electron chi connectivity index (χ0n) is 18.6. The van der Waals surface area contributed by atoms with E-state index in [-0.39, 0.29) is 18.1 Å². The molecule has 1 aromatic carbocycles. The average Bonchev–Trinajstić information content (AvgIpc) is 3.15. The van der Waals surface area contributed by atoms with Crippen molar-refractivity contribution in [3.8, 4) is 5.75 Å². The summed E-state index contributed by atoms with van der Waals surface area (Å²) in [6.07, 6.45) is 5.73. The van der Waals surface area contributed by atoms with E-state index in [0.29, 0.717) is 11.7 Å². The smallest absolute Gasteiger partial charge is 0.272 e. The van der Waals surface area contributed by atoms with Crippen LogP contribution in [0.5, 0.6) is 5.75 Å². The fourth-order valence-electron chi connectivity index (χ4n) is 4.99. The molecule has 166 valence electrons. The summed E-state index contributed by atoms with van der Waals surface area (Å²) in [5.74, 6) is 0.981. The van der Waals surface area contributed by atoms with E-state index in [1.54, 1.807) is 4.68 Å². The number of hydrogen-bond donors (Lipinski definition) is 0. The van der Waals surface area contributed by atoms with Crippen molar-refractivity contribution in [3.05, 3.63) is 77.9 Å². The summed E-state index contributed by atoms with van der Waals surface area (Å²) in [7, 11) is 1.83. The maximum atomic E-state index is 13.0. The molecule has 5 rings (SSSR count). The minimum absolute atomic E-state index is 0.0751. The summed E-state index contributed by atoms with van der Waals surface area (Å²) >= 11 is 0. The second-order valence-corrected chi connectivity index (χ2v) is 8.71. The highest BCUT2D eigenvalue weighted by molar-refractivity contribution is 5.92. The lowest BCUT2D eigenvalue weighted by Crippen LogP contribution is -2.61. The van der Waals surface area contributed by atoms with Crippen molar-refractivity contribution < 1.29 is 9.53 Å². The van der Waals surface area contributed by atoms with Gasteiger partial charge in [0.15, 0.2) is 0 Å². The second kappa shape index (κ2) is 8.74. The Labute approximate surface area is 188 Å². The zero-order valence-corrected chi connectivity index (χ0v) is 18.6. The predicted octanol–water partition coefficient (Wildman–Crippen LogP) is 3.23. The van der Waals surface area contributed by atoms with E-state index < -0.39 is 0 Å². The molecule has 3 aromatic rings. The van der Waals surface area contributed by atoms with Gasteiger partial charge >= 0.3 is 0 Å². The lowest BCUT2D eigenvalue weighted by molar-refractivity contribution is -0.0843. The Hall–Kier alpha value is -3.19. The number of hydrogen-bond acceptors (Lipinski definition) is 5. The molecule has 2 aliphatic rings. The van der Waals surface area contributed by atoms with E-state index in [1.165, 1.54) is 5.56 Å². The van der Waals surface area contributed by atoms with Crippen LogP contribution in [0.25, 0.3) is 0 Å². The SMILES string of the molecule is Cc1cc(C(=O)N2CCC(N3C[C@H](Oc4ccccc4)[C@@H]3c3ccncc3)CC2)n(C)n1. The Morgan fingerprint density at radius 1 is 1.06 bits per heavy atom. The third kappa shape index (κ3) is 4.00. The first-order chi connectivity index (χ1) is 15.6. The molecule has 1 amide bonds. The monoisotopic (exact) mass is 431 g/mol. The lowest BCUT2D eigenvalue weighted by atomic mass is 9.87. The van der Waals surface area contributed by atoms with Gasteiger partial charge in [0.2, 0.25) is 0 Å². The van der Waals surface area contributed by atoms with Gasteiger partial charge in [0.25, 0.3) is 5.91 Å². The van der Waals surface area contributed by atoms with Crippen molar-refractivity contribution in [1.29, 1.82) is 0 Å². The number of ether oxygens (including phenoxy) is 1. The molecule has 4 heterocycles. The first-order valence-electron chi connectivity index (χ1n) is 11.3. The van der Waals surface area contributed by atoms with E-state index in [2.05, 4.69) is 27.1 Å². The van der Waals surface area contributed by atoms with Crippen molar-refractivity contribution >= 4 is 5.91 Å². The van der Waals surface area contributed by atoms with Crippen molar-refractivity contribution in [2.45, 2.75) is 38.0 Å². The molecular weight excluding hydrogens is 402 g/mol. The second-order valence-electron chi connectivity index (χ2n) is 8.71. The van der Waals surface area contributed by atoms with Gasteiger partial charge in [0, 0.05) is 45.1 Å². The van der Waals surface area contributed by atoms with Crippen LogP contribution in [0.3, 0.4) is 0 Å². The fraction of sp³-hybridized carbons (Fsp3) is 0.400. The molecular formula is C25H29N5O2. The standard InChI is InChI=1S/C25H29N5O2/c1-18-16-22(28(2)27-18)25(31)29-14-10-20(11-15-29)30-17-23(32-21-6-4-3-5-7-21)24(30)19-8-12-26-13-9-19/h3-9,12-13,16,20,23-24H,10-11,14-15,17H2,1-2H3/t23-,24-/m0/s1. The molecule has 32 heavy (non-hydrogen) atoms. The van der Waals surface area contributed by atoms with E-state index in [4.69, 9.17) is 4.74 Å². The van der Waals surface area contributed by atoms with E-state index >= 15 is 0 Å². The maximum absolute atomic E-state index is 13.0. The number of amides is 1. The minimum Gasteiger partial charge on any atom is -0.487 e. The summed E-state index contributed by atoms with van der Waals surface area (Å²) in [5, 5.41) is 4.32. The lowest BCUT2D eigenvalue weighted by Gasteiger charge is -2.53. The van der Waals surface area contributed by atoms with Gasteiger partial charge in [0.1, 0.15) is 17.5 Å². The molecule has 0 radical (unpaired) electrons. The van der Waals surface area contributed by atoms with E-state index in [1.807, 2.05) is 67.7 Å². The topological polar surface area (TPSA) is 63.5 Å². The number of aromatic nitrogens is 3. The molecule has 0 saturated carbocycles. The number of para-hydroxylation sites is 1. The Morgan fingerprint density at radius 3 is 2.44 bits per heavy atom. The Kier molecular flexibility index (Phi) is 5.66. The van der Waals surface area contributed by atoms with Gasteiger partial charge in [-0.15, -0.1) is 0 Å². The molecule has 0 spiro atoms. The van der Waals surface area contributed by atoms with Crippen LogP contribution in [-0.4, -0.2) is 62.3 Å². The van der Waals surface area contributed by atoms with Crippen LogP contribution < -0.4 is 4.74 Å². The number of likely N-dealkylation sites (tertiary alicyclic amines) is 2. The molecule has 7 heteroatoms. The van der Waals surface area contributed by atoms with Crippen LogP contribution in [0.2, 0.25) is 0 Å². The number of rotatable bonds is 5. The normalized spacial score (nSPS) is 21.9. The average molecular weight is 432 g/mol. The number of piperidine rings is 1.